The SMILES string of the molecule is CCCCc1ccc(NS(=O)(=O)c2ccc(OC)c(Cl)c2)cc1. The maximum atomic E-state index is 12.4. The highest BCUT2D eigenvalue weighted by Gasteiger charge is 2.16. The van der Waals surface area contributed by atoms with Gasteiger partial charge in [-0.25, -0.2) is 8.42 Å². The van der Waals surface area contributed by atoms with E-state index in [1.807, 2.05) is 12.1 Å². The molecule has 2 aromatic rings. The highest BCUT2D eigenvalue weighted by atomic mass is 35.5. The number of benzene rings is 2. The molecule has 124 valence electrons. The predicted molar refractivity (Wildman–Crippen MR) is 93.9 cm³/mol. The highest BCUT2D eigenvalue weighted by Crippen LogP contribution is 2.28. The molecule has 1 N–H and O–H groups in total. The van der Waals surface area contributed by atoms with E-state index in [9.17, 15) is 8.42 Å². The molecule has 0 amide bonds. The van der Waals surface area contributed by atoms with E-state index in [0.29, 0.717) is 11.4 Å². The summed E-state index contributed by atoms with van der Waals surface area (Å²) in [6, 6.07) is 11.8. The Bertz CT molecular complexity index is 758. The lowest BCUT2D eigenvalue weighted by atomic mass is 10.1. The smallest absolute Gasteiger partial charge is 0.261 e. The fraction of sp³-hybridized carbons (Fsp3) is 0.294. The van der Waals surface area contributed by atoms with Crippen LogP contribution in [0.5, 0.6) is 5.75 Å². The molecule has 0 saturated heterocycles. The zero-order valence-electron chi connectivity index (χ0n) is 13.2. The summed E-state index contributed by atoms with van der Waals surface area (Å²) < 4.78 is 32.4. The van der Waals surface area contributed by atoms with E-state index in [1.54, 1.807) is 12.1 Å². The van der Waals surface area contributed by atoms with E-state index in [4.69, 9.17) is 16.3 Å². The fourth-order valence-corrected chi connectivity index (χ4v) is 3.56. The van der Waals surface area contributed by atoms with Crippen molar-refractivity contribution in [2.24, 2.45) is 0 Å². The first-order valence-corrected chi connectivity index (χ1v) is 9.27. The minimum absolute atomic E-state index is 0.0957. The molecule has 0 atom stereocenters. The van der Waals surface area contributed by atoms with Crippen molar-refractivity contribution in [2.45, 2.75) is 31.1 Å². The number of nitrogens with one attached hydrogen (secondary N) is 1. The normalized spacial score (nSPS) is 11.3. The molecule has 0 unspecified atom stereocenters. The summed E-state index contributed by atoms with van der Waals surface area (Å²) in [5.41, 5.74) is 1.72. The summed E-state index contributed by atoms with van der Waals surface area (Å²) >= 11 is 5.99. The van der Waals surface area contributed by atoms with Gasteiger partial charge in [0, 0.05) is 5.69 Å². The van der Waals surface area contributed by atoms with Crippen molar-refractivity contribution in [3.8, 4) is 5.75 Å². The molecule has 0 aliphatic heterocycles. The van der Waals surface area contributed by atoms with Gasteiger partial charge in [0.25, 0.3) is 10.0 Å². The molecule has 0 saturated carbocycles. The maximum absolute atomic E-state index is 12.4. The summed E-state index contributed by atoms with van der Waals surface area (Å²) in [6.07, 6.45) is 3.25. The summed E-state index contributed by atoms with van der Waals surface area (Å²) in [7, 11) is -2.20. The quantitative estimate of drug-likeness (QED) is 0.797. The van der Waals surface area contributed by atoms with Crippen LogP contribution in [0.3, 0.4) is 0 Å². The van der Waals surface area contributed by atoms with Crippen molar-refractivity contribution in [2.75, 3.05) is 11.8 Å². The van der Waals surface area contributed by atoms with Crippen molar-refractivity contribution in [3.63, 3.8) is 0 Å². The Labute approximate surface area is 142 Å². The molecule has 4 nitrogen and oxygen atoms in total. The van der Waals surface area contributed by atoms with Gasteiger partial charge in [-0.05, 0) is 48.7 Å². The number of aryl methyl sites for hydroxylation is 1. The lowest BCUT2D eigenvalue weighted by molar-refractivity contribution is 0.414. The Kier molecular flexibility index (Phi) is 5.91. The number of anilines is 1. The van der Waals surface area contributed by atoms with Crippen LogP contribution in [0.25, 0.3) is 0 Å². The molecule has 2 aromatic carbocycles. The van der Waals surface area contributed by atoms with Crippen LogP contribution >= 0.6 is 11.6 Å². The van der Waals surface area contributed by atoms with Crippen LogP contribution in [0.1, 0.15) is 25.3 Å². The Hall–Kier alpha value is -1.72. The van der Waals surface area contributed by atoms with Gasteiger partial charge in [0.2, 0.25) is 0 Å². The molecule has 0 aromatic heterocycles. The molecular weight excluding hydrogens is 334 g/mol. The molecule has 23 heavy (non-hydrogen) atoms. The zero-order valence-corrected chi connectivity index (χ0v) is 14.7. The number of sulfonamides is 1. The van der Waals surface area contributed by atoms with Gasteiger partial charge in [-0.15, -0.1) is 0 Å². The maximum Gasteiger partial charge on any atom is 0.261 e. The Morgan fingerprint density at radius 1 is 1.13 bits per heavy atom. The second-order valence-corrected chi connectivity index (χ2v) is 7.29. The molecule has 6 heteroatoms. The highest BCUT2D eigenvalue weighted by molar-refractivity contribution is 7.92. The van der Waals surface area contributed by atoms with Gasteiger partial charge in [-0.3, -0.25) is 4.72 Å². The molecule has 0 heterocycles. The second-order valence-electron chi connectivity index (χ2n) is 5.20. The number of hydrogen-bond donors (Lipinski definition) is 1. The molecule has 0 aliphatic carbocycles. The van der Waals surface area contributed by atoms with E-state index in [1.165, 1.54) is 30.9 Å². The average molecular weight is 354 g/mol. The van der Waals surface area contributed by atoms with Crippen LogP contribution in [-0.4, -0.2) is 15.5 Å². The van der Waals surface area contributed by atoms with Crippen LogP contribution in [0, 0.1) is 0 Å². The average Bonchev–Trinajstić information content (AvgIpc) is 2.54. The van der Waals surface area contributed by atoms with Crippen molar-refractivity contribution in [1.29, 1.82) is 0 Å². The first kappa shape index (κ1) is 17.6. The van der Waals surface area contributed by atoms with Gasteiger partial charge in [0.15, 0.2) is 0 Å². The number of methoxy groups -OCH3 is 1. The predicted octanol–water partition coefficient (Wildman–Crippen LogP) is 4.49. The second kappa shape index (κ2) is 7.70. The van der Waals surface area contributed by atoms with Gasteiger partial charge in [0.05, 0.1) is 17.0 Å². The first-order chi connectivity index (χ1) is 11.0. The lowest BCUT2D eigenvalue weighted by Crippen LogP contribution is -2.13. The van der Waals surface area contributed by atoms with Crippen molar-refractivity contribution >= 4 is 27.3 Å². The molecule has 0 fully saturated rings. The molecule has 2 rings (SSSR count). The van der Waals surface area contributed by atoms with Gasteiger partial charge < -0.3 is 4.74 Å². The van der Waals surface area contributed by atoms with Gasteiger partial charge in [-0.1, -0.05) is 37.1 Å². The molecule has 0 spiro atoms. The summed E-state index contributed by atoms with van der Waals surface area (Å²) in [6.45, 7) is 2.14. The molecule has 0 aliphatic rings. The van der Waals surface area contributed by atoms with E-state index in [-0.39, 0.29) is 9.92 Å². The van der Waals surface area contributed by atoms with Crippen molar-refractivity contribution in [3.05, 3.63) is 53.1 Å². The summed E-state index contributed by atoms with van der Waals surface area (Å²) in [5.74, 6) is 0.436. The van der Waals surface area contributed by atoms with E-state index in [2.05, 4.69) is 11.6 Å². The standard InChI is InChI=1S/C17H20ClNO3S/c1-3-4-5-13-6-8-14(9-7-13)19-23(20,21)15-10-11-17(22-2)16(18)12-15/h6-12,19H,3-5H2,1-2H3. The minimum Gasteiger partial charge on any atom is -0.495 e. The molecule has 0 bridgehead atoms. The molecular formula is C17H20ClNO3S. The van der Waals surface area contributed by atoms with Crippen LogP contribution in [0.15, 0.2) is 47.4 Å². The van der Waals surface area contributed by atoms with E-state index >= 15 is 0 Å². The third kappa shape index (κ3) is 4.62. The summed E-state index contributed by atoms with van der Waals surface area (Å²) in [5, 5.41) is 0.255. The van der Waals surface area contributed by atoms with Crippen LogP contribution in [0.4, 0.5) is 5.69 Å². The number of hydrogen-bond acceptors (Lipinski definition) is 3. The van der Waals surface area contributed by atoms with Crippen molar-refractivity contribution in [1.82, 2.24) is 0 Å². The number of ether oxygens (including phenoxy) is 1. The third-order valence-corrected chi connectivity index (χ3v) is 5.13. The number of unbranched alkanes of at least 4 members (excludes halogenated alkanes) is 1. The first-order valence-electron chi connectivity index (χ1n) is 7.41. The Morgan fingerprint density at radius 2 is 1.83 bits per heavy atom. The Morgan fingerprint density at radius 3 is 2.39 bits per heavy atom. The number of halogens is 1. The van der Waals surface area contributed by atoms with Gasteiger partial charge in [0.1, 0.15) is 5.75 Å². The largest absolute Gasteiger partial charge is 0.495 e. The summed E-state index contributed by atoms with van der Waals surface area (Å²) in [4.78, 5) is 0.0957. The van der Waals surface area contributed by atoms with E-state index < -0.39 is 10.0 Å². The van der Waals surface area contributed by atoms with Crippen molar-refractivity contribution < 1.29 is 13.2 Å². The van der Waals surface area contributed by atoms with Gasteiger partial charge >= 0.3 is 0 Å². The minimum atomic E-state index is -3.68. The monoisotopic (exact) mass is 353 g/mol. The van der Waals surface area contributed by atoms with Gasteiger partial charge in [-0.2, -0.15) is 0 Å². The van der Waals surface area contributed by atoms with Crippen LogP contribution in [-0.2, 0) is 16.4 Å². The van der Waals surface area contributed by atoms with Crippen LogP contribution in [0.2, 0.25) is 5.02 Å². The lowest BCUT2D eigenvalue weighted by Gasteiger charge is -2.10. The Balaban J connectivity index is 2.16. The fourth-order valence-electron chi connectivity index (χ4n) is 2.15. The topological polar surface area (TPSA) is 55.4 Å². The van der Waals surface area contributed by atoms with Crippen LogP contribution < -0.4 is 9.46 Å². The third-order valence-electron chi connectivity index (χ3n) is 3.46. The van der Waals surface area contributed by atoms with E-state index in [0.717, 1.165) is 19.3 Å². The number of rotatable bonds is 7. The molecule has 0 radical (unpaired) electrons. The zero-order chi connectivity index (χ0) is 16.9.